The third-order valence-corrected chi connectivity index (χ3v) is 1.29. The first kappa shape index (κ1) is 7.66. The molecular formula is C7H5BO3. The van der Waals surface area contributed by atoms with Crippen LogP contribution in [0, 0.1) is 0 Å². The van der Waals surface area contributed by atoms with Crippen LogP contribution < -0.4 is 5.46 Å². The molecule has 0 aliphatic carbocycles. The van der Waals surface area contributed by atoms with Crippen LogP contribution in [0.4, 0.5) is 0 Å². The monoisotopic (exact) mass is 148 g/mol. The fourth-order valence-corrected chi connectivity index (χ4v) is 0.704. The van der Waals surface area contributed by atoms with Gasteiger partial charge in [0, 0.05) is 0 Å². The molecule has 0 saturated heterocycles. The predicted octanol–water partition coefficient (Wildman–Crippen LogP) is 0.0598. The van der Waals surface area contributed by atoms with Gasteiger partial charge in [-0.05, 0) is 0 Å². The van der Waals surface area contributed by atoms with Crippen LogP contribution in [0.5, 0.6) is 0 Å². The van der Waals surface area contributed by atoms with Gasteiger partial charge >= 0.3 is 63.0 Å². The van der Waals surface area contributed by atoms with Gasteiger partial charge in [-0.3, -0.25) is 0 Å². The Labute approximate surface area is 63.9 Å². The van der Waals surface area contributed by atoms with Crippen molar-refractivity contribution in [3.63, 3.8) is 0 Å². The van der Waals surface area contributed by atoms with Crippen LogP contribution in [-0.2, 0) is 4.70 Å². The number of hydrogen-bond acceptors (Lipinski definition) is 2. The summed E-state index contributed by atoms with van der Waals surface area (Å²) in [7, 11) is 0.672. The molecule has 1 aromatic rings. The van der Waals surface area contributed by atoms with Crippen molar-refractivity contribution in [2.24, 2.45) is 0 Å². The van der Waals surface area contributed by atoms with E-state index in [2.05, 4.69) is 0 Å². The molecule has 1 rings (SSSR count). The predicted molar refractivity (Wildman–Crippen MR) is 39.5 cm³/mol. The second-order valence-electron chi connectivity index (χ2n) is 2.05. The third kappa shape index (κ3) is 1.74. The molecule has 0 spiro atoms. The van der Waals surface area contributed by atoms with Crippen LogP contribution in [0.2, 0.25) is 0 Å². The molecule has 1 aromatic carbocycles. The topological polar surface area (TPSA) is 54.4 Å². The van der Waals surface area contributed by atoms with Crippen molar-refractivity contribution in [1.29, 1.82) is 0 Å². The van der Waals surface area contributed by atoms with Crippen molar-refractivity contribution in [3.05, 3.63) is 29.8 Å². The first-order chi connectivity index (χ1) is 5.24. The number of benzene rings is 1. The van der Waals surface area contributed by atoms with Gasteiger partial charge in [0.25, 0.3) is 0 Å². The maximum absolute atomic E-state index is 10.3. The van der Waals surface area contributed by atoms with Gasteiger partial charge < -0.3 is 0 Å². The molecule has 0 aliphatic heterocycles. The molecule has 54 valence electrons. The third-order valence-electron chi connectivity index (χ3n) is 1.29. The average molecular weight is 148 g/mol. The molecule has 4 heteroatoms. The Morgan fingerprint density at radius 2 is 1.82 bits per heavy atom. The summed E-state index contributed by atoms with van der Waals surface area (Å²) in [4.78, 5) is 10.3. The van der Waals surface area contributed by atoms with Crippen molar-refractivity contribution >= 4 is 18.6 Å². The normalized spacial score (nSPS) is 8.73. The summed E-state index contributed by atoms with van der Waals surface area (Å²) in [5, 5.41) is 8.46. The van der Waals surface area contributed by atoms with Gasteiger partial charge in [-0.25, -0.2) is 0 Å². The molecule has 0 amide bonds. The van der Waals surface area contributed by atoms with Crippen molar-refractivity contribution in [3.8, 4) is 0 Å². The molecule has 0 fully saturated rings. The minimum atomic E-state index is -0.984. The zero-order chi connectivity index (χ0) is 8.27. The van der Waals surface area contributed by atoms with Gasteiger partial charge in [-0.1, -0.05) is 0 Å². The van der Waals surface area contributed by atoms with Crippen molar-refractivity contribution in [2.75, 3.05) is 0 Å². The molecule has 0 saturated carbocycles. The van der Waals surface area contributed by atoms with E-state index < -0.39 is 5.97 Å². The molecule has 3 nitrogen and oxygen atoms in total. The number of carbonyl (C=O) groups is 1. The van der Waals surface area contributed by atoms with Gasteiger partial charge in [-0.2, -0.15) is 0 Å². The Morgan fingerprint density at radius 3 is 2.18 bits per heavy atom. The Balaban J connectivity index is 3.00. The number of aromatic carboxylic acids is 1. The Morgan fingerprint density at radius 1 is 1.27 bits per heavy atom. The summed E-state index contributed by atoms with van der Waals surface area (Å²) in [5.74, 6) is -0.984. The quantitative estimate of drug-likeness (QED) is 0.603. The number of hydrogen-bond donors (Lipinski definition) is 1. The van der Waals surface area contributed by atoms with Gasteiger partial charge in [0.1, 0.15) is 0 Å². The van der Waals surface area contributed by atoms with Crippen LogP contribution in [0.3, 0.4) is 0 Å². The van der Waals surface area contributed by atoms with E-state index in [1.54, 1.807) is 0 Å². The van der Waals surface area contributed by atoms with E-state index in [1.165, 1.54) is 24.3 Å². The second kappa shape index (κ2) is 3.10. The summed E-state index contributed by atoms with van der Waals surface area (Å²) in [6, 6.07) is 5.73. The summed E-state index contributed by atoms with van der Waals surface area (Å²) < 4.78 is 10.1. The van der Waals surface area contributed by atoms with Gasteiger partial charge in [0.15, 0.2) is 0 Å². The summed E-state index contributed by atoms with van der Waals surface area (Å²) in [6.45, 7) is 0. The Bertz CT molecular complexity index is 278. The van der Waals surface area contributed by atoms with E-state index in [9.17, 15) is 9.50 Å². The molecule has 0 heterocycles. The van der Waals surface area contributed by atoms with E-state index in [1.807, 2.05) is 0 Å². The molecule has 0 bridgehead atoms. The first-order valence-electron chi connectivity index (χ1n) is 3.02. The molecule has 1 N–H and O–H groups in total. The number of rotatable bonds is 2. The molecule has 0 aromatic heterocycles. The molecule has 0 unspecified atom stereocenters. The fraction of sp³-hybridized carbons (Fsp3) is 0. The van der Waals surface area contributed by atoms with Crippen molar-refractivity contribution < 1.29 is 14.6 Å². The van der Waals surface area contributed by atoms with E-state index in [0.29, 0.717) is 12.6 Å². The van der Waals surface area contributed by atoms with Crippen LogP contribution in [0.1, 0.15) is 10.4 Å². The molecule has 0 aliphatic rings. The minimum absolute atomic E-state index is 0.190. The molecule has 0 atom stereocenters. The number of carboxylic acid groups (broad SMARTS) is 1. The molecule has 0 radical (unpaired) electrons. The van der Waals surface area contributed by atoms with Gasteiger partial charge in [-0.15, -0.1) is 0 Å². The van der Waals surface area contributed by atoms with Crippen LogP contribution in [0.25, 0.3) is 0 Å². The van der Waals surface area contributed by atoms with E-state index in [4.69, 9.17) is 5.11 Å². The standard InChI is InChI=1S/C7H5BO3/c9-7(10)5-1-3-6(8-11)4-2-5/h1-4H,(H,9,10). The summed E-state index contributed by atoms with van der Waals surface area (Å²) in [6.07, 6.45) is 0. The fourth-order valence-electron chi connectivity index (χ4n) is 0.704. The molecule has 11 heavy (non-hydrogen) atoms. The Kier molecular flexibility index (Phi) is 2.16. The van der Waals surface area contributed by atoms with Crippen LogP contribution >= 0.6 is 0 Å². The SMILES string of the molecule is O=Bc1ccc(C(=O)O)cc1. The maximum atomic E-state index is 10.3. The van der Waals surface area contributed by atoms with Crippen molar-refractivity contribution in [2.45, 2.75) is 0 Å². The zero-order valence-electron chi connectivity index (χ0n) is 5.65. The average Bonchev–Trinajstić information content (AvgIpc) is 2.05. The second-order valence-corrected chi connectivity index (χ2v) is 2.05. The van der Waals surface area contributed by atoms with Crippen LogP contribution in [-0.4, -0.2) is 18.2 Å². The summed E-state index contributed by atoms with van der Waals surface area (Å²) in [5.41, 5.74) is 0.672. The number of carboxylic acids is 1. The molecular weight excluding hydrogens is 143 g/mol. The van der Waals surface area contributed by atoms with E-state index in [0.717, 1.165) is 0 Å². The van der Waals surface area contributed by atoms with Gasteiger partial charge in [0.05, 0.1) is 0 Å². The Hall–Kier alpha value is -1.45. The van der Waals surface area contributed by atoms with E-state index in [-0.39, 0.29) is 5.56 Å². The first-order valence-corrected chi connectivity index (χ1v) is 3.02. The van der Waals surface area contributed by atoms with Crippen molar-refractivity contribution in [1.82, 2.24) is 0 Å². The van der Waals surface area contributed by atoms with Crippen LogP contribution in [0.15, 0.2) is 24.3 Å². The zero-order valence-corrected chi connectivity index (χ0v) is 5.65. The van der Waals surface area contributed by atoms with Gasteiger partial charge in [0.2, 0.25) is 0 Å². The van der Waals surface area contributed by atoms with E-state index >= 15 is 0 Å². The summed E-state index contributed by atoms with van der Waals surface area (Å²) >= 11 is 0.